The van der Waals surface area contributed by atoms with E-state index in [0.29, 0.717) is 27.4 Å². The van der Waals surface area contributed by atoms with Gasteiger partial charge in [0.05, 0.1) is 22.9 Å². The lowest BCUT2D eigenvalue weighted by molar-refractivity contribution is 0.0521. The number of rotatable bonds is 6. The SMILES string of the molecule is CCOC(=O)c1[nH]c2ccccc2c1N(c1ccc(O)c2ccccc12)S(=O)(=O)c1ccc(C(C)(C)C)cc1. The van der Waals surface area contributed by atoms with E-state index in [4.69, 9.17) is 4.74 Å². The van der Waals surface area contributed by atoms with Crippen molar-refractivity contribution >= 4 is 49.0 Å². The number of phenolic OH excluding ortho intramolecular Hbond substituents is 1. The Balaban J connectivity index is 1.86. The van der Waals surface area contributed by atoms with E-state index in [2.05, 4.69) is 25.8 Å². The number of aromatic amines is 1. The predicted octanol–water partition coefficient (Wildman–Crippen LogP) is 7.03. The highest BCUT2D eigenvalue weighted by atomic mass is 32.2. The van der Waals surface area contributed by atoms with Crippen molar-refractivity contribution in [3.63, 3.8) is 0 Å². The maximum absolute atomic E-state index is 14.6. The summed E-state index contributed by atoms with van der Waals surface area (Å²) < 4.78 is 35.7. The Hall–Kier alpha value is -4.30. The van der Waals surface area contributed by atoms with Crippen LogP contribution in [0.15, 0.2) is 89.8 Å². The van der Waals surface area contributed by atoms with Crippen molar-refractivity contribution in [2.75, 3.05) is 10.9 Å². The fourth-order valence-corrected chi connectivity index (χ4v) is 6.27. The molecule has 8 heteroatoms. The van der Waals surface area contributed by atoms with Crippen LogP contribution in [0.2, 0.25) is 0 Å². The van der Waals surface area contributed by atoms with Gasteiger partial charge in [-0.25, -0.2) is 17.5 Å². The molecule has 0 radical (unpaired) electrons. The van der Waals surface area contributed by atoms with Crippen LogP contribution in [0.3, 0.4) is 0 Å². The number of nitrogens with one attached hydrogen (secondary N) is 1. The van der Waals surface area contributed by atoms with Gasteiger partial charge in [0.25, 0.3) is 10.0 Å². The first kappa shape index (κ1) is 26.3. The molecule has 7 nitrogen and oxygen atoms in total. The Bertz CT molecular complexity index is 1800. The molecule has 0 saturated carbocycles. The number of aromatic nitrogens is 1. The van der Waals surface area contributed by atoms with Gasteiger partial charge in [-0.15, -0.1) is 0 Å². The first-order chi connectivity index (χ1) is 18.5. The second-order valence-corrected chi connectivity index (χ2v) is 12.1. The average molecular weight is 543 g/mol. The molecular formula is C31H30N2O5S. The number of sulfonamides is 1. The van der Waals surface area contributed by atoms with Crippen LogP contribution in [-0.4, -0.2) is 31.1 Å². The number of carbonyl (C=O) groups excluding carboxylic acids is 1. The summed E-state index contributed by atoms with van der Waals surface area (Å²) in [6.45, 7) is 7.99. The fraction of sp³-hybridized carbons (Fsp3) is 0.194. The summed E-state index contributed by atoms with van der Waals surface area (Å²) in [6.07, 6.45) is 0. The minimum Gasteiger partial charge on any atom is -0.507 e. The molecule has 0 aliphatic carbocycles. The van der Waals surface area contributed by atoms with Gasteiger partial charge < -0.3 is 14.8 Å². The average Bonchev–Trinajstić information content (AvgIpc) is 3.29. The van der Waals surface area contributed by atoms with Gasteiger partial charge in [-0.2, -0.15) is 0 Å². The number of aromatic hydroxyl groups is 1. The van der Waals surface area contributed by atoms with Crippen LogP contribution in [-0.2, 0) is 20.2 Å². The molecule has 2 N–H and O–H groups in total. The Morgan fingerprint density at radius 2 is 1.49 bits per heavy atom. The summed E-state index contributed by atoms with van der Waals surface area (Å²) in [5, 5.41) is 12.1. The zero-order chi connectivity index (χ0) is 27.9. The molecule has 1 heterocycles. The monoisotopic (exact) mass is 542 g/mol. The van der Waals surface area contributed by atoms with Crippen molar-refractivity contribution in [2.24, 2.45) is 0 Å². The maximum atomic E-state index is 14.6. The molecule has 0 bridgehead atoms. The van der Waals surface area contributed by atoms with E-state index in [9.17, 15) is 18.3 Å². The molecule has 0 aliphatic heterocycles. The quantitative estimate of drug-likeness (QED) is 0.225. The number of H-pyrrole nitrogens is 1. The maximum Gasteiger partial charge on any atom is 0.356 e. The summed E-state index contributed by atoms with van der Waals surface area (Å²) >= 11 is 0. The van der Waals surface area contributed by atoms with Crippen LogP contribution < -0.4 is 4.31 Å². The number of hydrogen-bond donors (Lipinski definition) is 2. The van der Waals surface area contributed by atoms with E-state index in [1.54, 1.807) is 73.7 Å². The van der Waals surface area contributed by atoms with Gasteiger partial charge in [-0.05, 0) is 48.2 Å². The van der Waals surface area contributed by atoms with Gasteiger partial charge in [0.2, 0.25) is 0 Å². The lowest BCUT2D eigenvalue weighted by Crippen LogP contribution is -2.28. The summed E-state index contributed by atoms with van der Waals surface area (Å²) in [6, 6.07) is 23.9. The van der Waals surface area contributed by atoms with E-state index in [-0.39, 0.29) is 34.0 Å². The standard InChI is InChI=1S/C31H30N2O5S/c1-5-38-30(35)28-29(24-12-8-9-13-25(24)32-28)33(26-18-19-27(34)23-11-7-6-10-22(23)26)39(36,37)21-16-14-20(15-17-21)31(2,3)4/h6-19,32,34H,5H2,1-4H3. The van der Waals surface area contributed by atoms with Gasteiger partial charge in [-0.1, -0.05) is 75.4 Å². The van der Waals surface area contributed by atoms with Crippen LogP contribution in [0.4, 0.5) is 11.4 Å². The van der Waals surface area contributed by atoms with Gasteiger partial charge in [0, 0.05) is 21.7 Å². The fourth-order valence-electron chi connectivity index (χ4n) is 4.74. The summed E-state index contributed by atoms with van der Waals surface area (Å²) in [5.74, 6) is -0.652. The third-order valence-corrected chi connectivity index (χ3v) is 8.44. The predicted molar refractivity (Wildman–Crippen MR) is 154 cm³/mol. The Morgan fingerprint density at radius 3 is 2.13 bits per heavy atom. The first-order valence-electron chi connectivity index (χ1n) is 12.7. The number of ether oxygens (including phenoxy) is 1. The molecule has 0 amide bonds. The van der Waals surface area contributed by atoms with Gasteiger partial charge in [0.15, 0.2) is 5.69 Å². The molecule has 0 unspecified atom stereocenters. The molecule has 5 rings (SSSR count). The van der Waals surface area contributed by atoms with Crippen molar-refractivity contribution in [3.05, 3.63) is 96.2 Å². The van der Waals surface area contributed by atoms with Gasteiger partial charge in [-0.3, -0.25) is 0 Å². The molecule has 0 atom stereocenters. The largest absolute Gasteiger partial charge is 0.507 e. The van der Waals surface area contributed by atoms with Crippen LogP contribution >= 0.6 is 0 Å². The molecule has 4 aromatic carbocycles. The second-order valence-electron chi connectivity index (χ2n) is 10.3. The van der Waals surface area contributed by atoms with Crippen LogP contribution in [0.1, 0.15) is 43.7 Å². The lowest BCUT2D eigenvalue weighted by atomic mass is 9.87. The third kappa shape index (κ3) is 4.61. The number of phenols is 1. The molecule has 0 fully saturated rings. The van der Waals surface area contributed by atoms with Crippen molar-refractivity contribution in [3.8, 4) is 5.75 Å². The highest BCUT2D eigenvalue weighted by Crippen LogP contribution is 2.44. The number of esters is 1. The number of benzene rings is 4. The number of fused-ring (bicyclic) bond motifs is 2. The zero-order valence-electron chi connectivity index (χ0n) is 22.2. The number of nitrogens with zero attached hydrogens (tertiary/aromatic N) is 1. The molecule has 0 saturated heterocycles. The number of para-hydroxylation sites is 1. The van der Waals surface area contributed by atoms with Crippen LogP contribution in [0, 0.1) is 0 Å². The molecular weight excluding hydrogens is 512 g/mol. The van der Waals surface area contributed by atoms with Crippen LogP contribution in [0.25, 0.3) is 21.7 Å². The van der Waals surface area contributed by atoms with E-state index >= 15 is 0 Å². The normalized spacial score (nSPS) is 12.1. The molecule has 0 aliphatic rings. The minimum atomic E-state index is -4.28. The van der Waals surface area contributed by atoms with E-state index in [0.717, 1.165) is 5.56 Å². The number of anilines is 2. The van der Waals surface area contributed by atoms with Gasteiger partial charge in [0.1, 0.15) is 5.75 Å². The lowest BCUT2D eigenvalue weighted by Gasteiger charge is -2.27. The Morgan fingerprint density at radius 1 is 0.872 bits per heavy atom. The highest BCUT2D eigenvalue weighted by molar-refractivity contribution is 7.93. The van der Waals surface area contributed by atoms with Crippen molar-refractivity contribution < 1.29 is 23.1 Å². The second kappa shape index (κ2) is 9.78. The van der Waals surface area contributed by atoms with E-state index in [1.807, 2.05) is 12.1 Å². The number of hydrogen-bond acceptors (Lipinski definition) is 5. The van der Waals surface area contributed by atoms with Crippen molar-refractivity contribution in [2.45, 2.75) is 38.0 Å². The van der Waals surface area contributed by atoms with E-state index < -0.39 is 16.0 Å². The Kier molecular flexibility index (Phi) is 6.60. The summed E-state index contributed by atoms with van der Waals surface area (Å²) in [4.78, 5) is 16.3. The third-order valence-electron chi connectivity index (χ3n) is 6.72. The van der Waals surface area contributed by atoms with Gasteiger partial charge >= 0.3 is 5.97 Å². The van der Waals surface area contributed by atoms with Crippen molar-refractivity contribution in [1.29, 1.82) is 0 Å². The number of carbonyl (C=O) groups is 1. The van der Waals surface area contributed by atoms with Crippen molar-refractivity contribution in [1.82, 2.24) is 4.98 Å². The molecule has 200 valence electrons. The van der Waals surface area contributed by atoms with Crippen LogP contribution in [0.5, 0.6) is 5.75 Å². The minimum absolute atomic E-state index is 0.0186. The summed E-state index contributed by atoms with van der Waals surface area (Å²) in [5.41, 5.74) is 1.87. The van der Waals surface area contributed by atoms with E-state index in [1.165, 1.54) is 10.4 Å². The Labute approximate surface area is 227 Å². The molecule has 0 spiro atoms. The molecule has 1 aromatic heterocycles. The zero-order valence-corrected chi connectivity index (χ0v) is 23.0. The highest BCUT2D eigenvalue weighted by Gasteiger charge is 2.35. The summed E-state index contributed by atoms with van der Waals surface area (Å²) in [7, 11) is -4.28. The topological polar surface area (TPSA) is 99.7 Å². The smallest absolute Gasteiger partial charge is 0.356 e. The molecule has 5 aromatic rings. The molecule has 39 heavy (non-hydrogen) atoms. The first-order valence-corrected chi connectivity index (χ1v) is 14.1.